The summed E-state index contributed by atoms with van der Waals surface area (Å²) in [5, 5.41) is 0.305. The lowest BCUT2D eigenvalue weighted by atomic mass is 10.1. The predicted molar refractivity (Wildman–Crippen MR) is 143 cm³/mol. The number of benzene rings is 2. The highest BCUT2D eigenvalue weighted by Crippen LogP contribution is 2.39. The Kier molecular flexibility index (Phi) is 8.73. The maximum Gasteiger partial charge on any atom is 0.266 e. The van der Waals surface area contributed by atoms with Crippen molar-refractivity contribution in [3.63, 3.8) is 0 Å². The van der Waals surface area contributed by atoms with Crippen molar-refractivity contribution in [2.24, 2.45) is 4.99 Å². The van der Waals surface area contributed by atoms with Crippen LogP contribution in [0.4, 0.5) is 10.2 Å². The van der Waals surface area contributed by atoms with Crippen LogP contribution >= 0.6 is 23.2 Å². The molecule has 0 radical (unpaired) electrons. The van der Waals surface area contributed by atoms with Gasteiger partial charge in [-0.15, -0.1) is 0 Å². The van der Waals surface area contributed by atoms with Crippen molar-refractivity contribution in [3.8, 4) is 22.6 Å². The number of hydrogen-bond donors (Lipinski definition) is 2. The van der Waals surface area contributed by atoms with Gasteiger partial charge in [-0.25, -0.2) is 17.8 Å². The van der Waals surface area contributed by atoms with E-state index in [1.54, 1.807) is 36.4 Å². The lowest BCUT2D eigenvalue weighted by Crippen LogP contribution is -2.30. The highest BCUT2D eigenvalue weighted by atomic mass is 35.5. The number of ether oxygens (including phenoxy) is 1. The number of sulfonamides is 1. The molecule has 0 aliphatic carbocycles. The van der Waals surface area contributed by atoms with Crippen molar-refractivity contribution < 1.29 is 17.5 Å². The van der Waals surface area contributed by atoms with Crippen molar-refractivity contribution in [1.82, 2.24) is 9.71 Å². The average Bonchev–Trinajstić information content (AvgIpc) is 2.84. The average molecular weight is 549 g/mol. The summed E-state index contributed by atoms with van der Waals surface area (Å²) in [4.78, 5) is 7.18. The van der Waals surface area contributed by atoms with Gasteiger partial charge >= 0.3 is 0 Å². The molecule has 2 aromatic carbocycles. The van der Waals surface area contributed by atoms with Gasteiger partial charge in [-0.1, -0.05) is 48.4 Å². The molecule has 3 rings (SSSR count). The van der Waals surface area contributed by atoms with E-state index in [2.05, 4.69) is 21.3 Å². The number of hydrogen-bond acceptors (Lipinski definition) is 6. The van der Waals surface area contributed by atoms with Crippen molar-refractivity contribution in [1.29, 1.82) is 0 Å². The van der Waals surface area contributed by atoms with Crippen LogP contribution in [-0.2, 0) is 10.0 Å². The zero-order valence-electron chi connectivity index (χ0n) is 19.4. The zero-order chi connectivity index (χ0) is 26.5. The predicted octanol–water partition coefficient (Wildman–Crippen LogP) is 6.40. The number of aliphatic imine (C=N–C) groups is 1. The fraction of sp³-hybridized carbons (Fsp3) is 0.120. The molecule has 11 heteroatoms. The summed E-state index contributed by atoms with van der Waals surface area (Å²) in [6.45, 7) is 5.71. The van der Waals surface area contributed by atoms with Gasteiger partial charge < -0.3 is 10.5 Å². The maximum atomic E-state index is 15.0. The Balaban J connectivity index is 1.94. The van der Waals surface area contributed by atoms with Gasteiger partial charge in [0.05, 0.1) is 5.02 Å². The Morgan fingerprint density at radius 3 is 2.61 bits per heavy atom. The Labute approximate surface area is 219 Å². The highest BCUT2D eigenvalue weighted by Gasteiger charge is 2.23. The van der Waals surface area contributed by atoms with Crippen LogP contribution in [0.3, 0.4) is 0 Å². The maximum absolute atomic E-state index is 15.0. The Morgan fingerprint density at radius 2 is 1.94 bits per heavy atom. The number of allylic oxidation sites excluding steroid dienone is 2. The molecule has 0 bridgehead atoms. The molecule has 0 aliphatic rings. The third kappa shape index (κ3) is 6.63. The van der Waals surface area contributed by atoms with E-state index in [1.807, 2.05) is 6.92 Å². The van der Waals surface area contributed by atoms with Gasteiger partial charge in [0.2, 0.25) is 0 Å². The van der Waals surface area contributed by atoms with Gasteiger partial charge in [0.15, 0.2) is 0 Å². The van der Waals surface area contributed by atoms with Gasteiger partial charge in [0, 0.05) is 29.9 Å². The first-order valence-electron chi connectivity index (χ1n) is 10.6. The molecular formula is C25H23Cl2FN4O3S. The largest absolute Gasteiger partial charge is 0.455 e. The van der Waals surface area contributed by atoms with Crippen molar-refractivity contribution in [2.45, 2.75) is 18.2 Å². The molecule has 0 saturated heterocycles. The van der Waals surface area contributed by atoms with E-state index in [1.165, 1.54) is 19.3 Å². The van der Waals surface area contributed by atoms with Crippen LogP contribution in [0.1, 0.15) is 13.3 Å². The summed E-state index contributed by atoms with van der Waals surface area (Å²) in [5.74, 6) is -0.580. The van der Waals surface area contributed by atoms with Crippen LogP contribution in [0.5, 0.6) is 11.5 Å². The third-order valence-corrected chi connectivity index (χ3v) is 6.84. The topological polar surface area (TPSA) is 107 Å². The molecule has 7 nitrogen and oxygen atoms in total. The van der Waals surface area contributed by atoms with Crippen LogP contribution in [0.2, 0.25) is 10.0 Å². The number of nitrogen functional groups attached to an aromatic ring is 1. The summed E-state index contributed by atoms with van der Waals surface area (Å²) in [6.07, 6.45) is 5.26. The fourth-order valence-electron chi connectivity index (χ4n) is 3.01. The van der Waals surface area contributed by atoms with Gasteiger partial charge in [-0.3, -0.25) is 9.71 Å². The normalized spacial score (nSPS) is 12.1. The molecule has 0 unspecified atom stereocenters. The van der Waals surface area contributed by atoms with Gasteiger partial charge in [0.25, 0.3) is 10.0 Å². The van der Waals surface area contributed by atoms with E-state index >= 15 is 4.39 Å². The summed E-state index contributed by atoms with van der Waals surface area (Å²) < 4.78 is 48.8. The van der Waals surface area contributed by atoms with E-state index in [0.29, 0.717) is 28.3 Å². The third-order valence-electron chi connectivity index (χ3n) is 4.94. The molecule has 0 atom stereocenters. The Bertz CT molecular complexity index is 1470. The molecule has 3 N–H and O–H groups in total. The number of nitrogens with zero attached hydrogens (tertiary/aromatic N) is 2. The molecule has 0 spiro atoms. The standard InChI is InChI=1S/C25H23Cl2FN4O3S/c1-4-15(2)5-8-25(30-3)32-36(33,34)23-13-19(27)22(14-20(23)28)35-21-7-6-17(26)12-18(21)16-9-10-31-24(29)11-16/h5-14H,2,4H2,1,3H3,(H2,29,31)(H,30,32). The molecule has 3 aromatic rings. The van der Waals surface area contributed by atoms with Crippen LogP contribution in [-0.4, -0.2) is 26.3 Å². The molecule has 1 heterocycles. The summed E-state index contributed by atoms with van der Waals surface area (Å²) in [6, 6.07) is 10.0. The van der Waals surface area contributed by atoms with Crippen molar-refractivity contribution in [3.05, 3.63) is 88.8 Å². The second-order valence-corrected chi connectivity index (χ2v) is 9.98. The van der Waals surface area contributed by atoms with Crippen LogP contribution in [0.25, 0.3) is 11.1 Å². The number of anilines is 1. The van der Waals surface area contributed by atoms with Gasteiger partial charge in [-0.2, -0.15) is 0 Å². The SMILES string of the molecule is C=C(C=CC(=NC)NS(=O)(=O)c1cc(Cl)c(Oc2ccc(Cl)cc2-c2ccnc(N)c2)cc1F)CC. The number of amidine groups is 1. The van der Waals surface area contributed by atoms with Gasteiger partial charge in [0.1, 0.15) is 33.9 Å². The minimum atomic E-state index is -4.35. The molecular weight excluding hydrogens is 526 g/mol. The first-order chi connectivity index (χ1) is 17.0. The minimum absolute atomic E-state index is 0.00267. The van der Waals surface area contributed by atoms with E-state index in [0.717, 1.165) is 17.7 Å². The number of rotatable bonds is 8. The lowest BCUT2D eigenvalue weighted by molar-refractivity contribution is 0.475. The number of pyridine rings is 1. The second-order valence-electron chi connectivity index (χ2n) is 7.48. The van der Waals surface area contributed by atoms with E-state index in [9.17, 15) is 8.42 Å². The smallest absolute Gasteiger partial charge is 0.266 e. The summed E-state index contributed by atoms with van der Waals surface area (Å²) in [7, 11) is -2.95. The minimum Gasteiger partial charge on any atom is -0.455 e. The number of halogens is 3. The monoisotopic (exact) mass is 548 g/mol. The quantitative estimate of drug-likeness (QED) is 0.192. The first kappa shape index (κ1) is 27.2. The van der Waals surface area contributed by atoms with Crippen molar-refractivity contribution in [2.75, 3.05) is 12.8 Å². The molecule has 188 valence electrons. The molecule has 36 heavy (non-hydrogen) atoms. The van der Waals surface area contributed by atoms with Crippen LogP contribution < -0.4 is 15.2 Å². The summed E-state index contributed by atoms with van der Waals surface area (Å²) >= 11 is 12.5. The molecule has 0 aliphatic heterocycles. The molecule has 0 amide bonds. The molecule has 0 saturated carbocycles. The lowest BCUT2D eigenvalue weighted by Gasteiger charge is -2.15. The Morgan fingerprint density at radius 1 is 1.19 bits per heavy atom. The molecule has 1 aromatic heterocycles. The van der Waals surface area contributed by atoms with Crippen LogP contribution in [0.15, 0.2) is 82.9 Å². The summed E-state index contributed by atoms with van der Waals surface area (Å²) in [5.41, 5.74) is 7.76. The first-order valence-corrected chi connectivity index (χ1v) is 12.8. The van der Waals surface area contributed by atoms with E-state index in [-0.39, 0.29) is 22.4 Å². The van der Waals surface area contributed by atoms with E-state index in [4.69, 9.17) is 33.7 Å². The number of aromatic nitrogens is 1. The van der Waals surface area contributed by atoms with Gasteiger partial charge in [-0.05, 0) is 54.5 Å². The number of nitrogens with two attached hydrogens (primary N) is 1. The second kappa shape index (κ2) is 11.6. The number of nitrogens with one attached hydrogen (secondary N) is 1. The fourth-order valence-corrected chi connectivity index (χ4v) is 4.58. The van der Waals surface area contributed by atoms with Crippen molar-refractivity contribution >= 4 is 44.9 Å². The van der Waals surface area contributed by atoms with Crippen LogP contribution in [0, 0.1) is 5.82 Å². The zero-order valence-corrected chi connectivity index (χ0v) is 21.8. The van der Waals surface area contributed by atoms with E-state index < -0.39 is 20.7 Å². The highest BCUT2D eigenvalue weighted by molar-refractivity contribution is 7.90. The molecule has 0 fully saturated rings. The Hall–Kier alpha value is -3.40.